The molecular formula is C21H27N3O2S. The lowest BCUT2D eigenvalue weighted by atomic mass is 10.0. The zero-order valence-corrected chi connectivity index (χ0v) is 16.5. The molecular weight excluding hydrogens is 358 g/mol. The van der Waals surface area contributed by atoms with Crippen LogP contribution in [0.2, 0.25) is 0 Å². The van der Waals surface area contributed by atoms with Crippen LogP contribution in [0.4, 0.5) is 0 Å². The Bertz CT molecular complexity index is 811. The first-order valence-electron chi connectivity index (χ1n) is 9.50. The van der Waals surface area contributed by atoms with E-state index in [2.05, 4.69) is 30.4 Å². The van der Waals surface area contributed by atoms with E-state index in [1.54, 1.807) is 16.7 Å². The van der Waals surface area contributed by atoms with Crippen molar-refractivity contribution in [3.05, 3.63) is 48.0 Å². The number of hydrogen-bond donors (Lipinski definition) is 2. The minimum absolute atomic E-state index is 0.0667. The quantitative estimate of drug-likeness (QED) is 0.768. The number of nitrogens with zero attached hydrogens (tertiary/aromatic N) is 1. The van der Waals surface area contributed by atoms with Gasteiger partial charge in [-0.25, -0.2) is 0 Å². The fourth-order valence-electron chi connectivity index (χ4n) is 3.35. The van der Waals surface area contributed by atoms with Gasteiger partial charge in [-0.05, 0) is 28.8 Å². The fourth-order valence-corrected chi connectivity index (χ4v) is 4.53. The molecule has 144 valence electrons. The van der Waals surface area contributed by atoms with Crippen molar-refractivity contribution in [3.63, 3.8) is 0 Å². The van der Waals surface area contributed by atoms with Crippen molar-refractivity contribution in [2.75, 3.05) is 18.2 Å². The number of nitrogens with one attached hydrogen (secondary N) is 1. The smallest absolute Gasteiger partial charge is 0.244 e. The molecule has 2 aromatic carbocycles. The number of benzene rings is 2. The summed E-state index contributed by atoms with van der Waals surface area (Å²) in [7, 11) is 0. The van der Waals surface area contributed by atoms with E-state index in [0.717, 1.165) is 29.2 Å². The molecule has 5 nitrogen and oxygen atoms in total. The van der Waals surface area contributed by atoms with Crippen molar-refractivity contribution in [3.8, 4) is 0 Å². The molecule has 1 aliphatic heterocycles. The number of carbonyl (C=O) groups is 2. The number of amides is 2. The Morgan fingerprint density at radius 3 is 2.78 bits per heavy atom. The van der Waals surface area contributed by atoms with E-state index in [-0.39, 0.29) is 17.9 Å². The highest BCUT2D eigenvalue weighted by Crippen LogP contribution is 2.24. The Hall–Kier alpha value is -2.05. The summed E-state index contributed by atoms with van der Waals surface area (Å²) in [5.74, 6) is 1.17. The summed E-state index contributed by atoms with van der Waals surface area (Å²) in [5.41, 5.74) is 6.94. The summed E-state index contributed by atoms with van der Waals surface area (Å²) >= 11 is 1.63. The summed E-state index contributed by atoms with van der Waals surface area (Å²) in [6.45, 7) is 2.37. The summed E-state index contributed by atoms with van der Waals surface area (Å²) in [6.07, 6.45) is 2.34. The van der Waals surface area contributed by atoms with Crippen molar-refractivity contribution in [2.45, 2.75) is 38.3 Å². The standard InChI is InChI=1S/C21H27N3O2S/c1-2-3-8-20(25)24-14-27-13-19(24)21(26)23-18(12-22)17-10-9-15-6-4-5-7-16(15)11-17/h4-7,9-11,18-19H,2-3,8,12-14,22H2,1H3,(H,23,26). The number of rotatable bonds is 7. The van der Waals surface area contributed by atoms with Crippen LogP contribution in [0.5, 0.6) is 0 Å². The number of fused-ring (bicyclic) bond motifs is 1. The third-order valence-corrected chi connectivity index (χ3v) is 5.99. The molecule has 1 saturated heterocycles. The minimum atomic E-state index is -0.408. The Labute approximate surface area is 164 Å². The molecule has 6 heteroatoms. The average Bonchev–Trinajstić information content (AvgIpc) is 3.20. The predicted octanol–water partition coefficient (Wildman–Crippen LogP) is 3.05. The number of carbonyl (C=O) groups excluding carboxylic acids is 2. The maximum atomic E-state index is 12.9. The molecule has 1 aliphatic rings. The first-order chi connectivity index (χ1) is 13.1. The monoisotopic (exact) mass is 385 g/mol. The Balaban J connectivity index is 1.71. The molecule has 1 heterocycles. The molecule has 2 unspecified atom stereocenters. The molecule has 27 heavy (non-hydrogen) atoms. The minimum Gasteiger partial charge on any atom is -0.346 e. The van der Waals surface area contributed by atoms with Crippen molar-refractivity contribution in [1.29, 1.82) is 0 Å². The van der Waals surface area contributed by atoms with Crippen LogP contribution < -0.4 is 11.1 Å². The van der Waals surface area contributed by atoms with Gasteiger partial charge in [-0.1, -0.05) is 49.7 Å². The van der Waals surface area contributed by atoms with Crippen LogP contribution in [0.3, 0.4) is 0 Å². The zero-order chi connectivity index (χ0) is 19.2. The van der Waals surface area contributed by atoms with Gasteiger partial charge in [0.15, 0.2) is 0 Å². The lowest BCUT2D eigenvalue weighted by molar-refractivity contribution is -0.138. The summed E-state index contributed by atoms with van der Waals surface area (Å²) < 4.78 is 0. The second-order valence-electron chi connectivity index (χ2n) is 6.89. The maximum Gasteiger partial charge on any atom is 0.244 e. The summed E-state index contributed by atoms with van der Waals surface area (Å²) in [5, 5.41) is 5.34. The SMILES string of the molecule is CCCCC(=O)N1CSCC1C(=O)NC(CN)c1ccc2ccccc2c1. The van der Waals surface area contributed by atoms with Crippen LogP contribution in [0, 0.1) is 0 Å². The van der Waals surface area contributed by atoms with E-state index in [0.29, 0.717) is 24.6 Å². The van der Waals surface area contributed by atoms with Gasteiger partial charge >= 0.3 is 0 Å². The molecule has 2 atom stereocenters. The number of unbranched alkanes of at least 4 members (excludes halogenated alkanes) is 1. The molecule has 2 amide bonds. The molecule has 3 rings (SSSR count). The van der Waals surface area contributed by atoms with Crippen LogP contribution in [0.15, 0.2) is 42.5 Å². The molecule has 0 aliphatic carbocycles. The van der Waals surface area contributed by atoms with Crippen LogP contribution in [0.1, 0.15) is 37.8 Å². The molecule has 0 bridgehead atoms. The largest absolute Gasteiger partial charge is 0.346 e. The van der Waals surface area contributed by atoms with E-state index in [1.807, 2.05) is 24.3 Å². The first kappa shape index (κ1) is 19.7. The number of hydrogen-bond acceptors (Lipinski definition) is 4. The number of nitrogens with two attached hydrogens (primary N) is 1. The van der Waals surface area contributed by atoms with Crippen LogP contribution in [0.25, 0.3) is 10.8 Å². The lowest BCUT2D eigenvalue weighted by Crippen LogP contribution is -2.49. The third kappa shape index (κ3) is 4.62. The molecule has 2 aromatic rings. The van der Waals surface area contributed by atoms with E-state index in [1.165, 1.54) is 0 Å². The highest BCUT2D eigenvalue weighted by Gasteiger charge is 2.35. The van der Waals surface area contributed by atoms with Crippen LogP contribution in [-0.4, -0.2) is 40.9 Å². The average molecular weight is 386 g/mol. The third-order valence-electron chi connectivity index (χ3n) is 4.98. The Morgan fingerprint density at radius 2 is 2.04 bits per heavy atom. The van der Waals surface area contributed by atoms with Crippen molar-refractivity contribution >= 4 is 34.3 Å². The Morgan fingerprint density at radius 1 is 1.26 bits per heavy atom. The summed E-state index contributed by atoms with van der Waals surface area (Å²) in [4.78, 5) is 27.0. The van der Waals surface area contributed by atoms with Gasteiger partial charge in [0.2, 0.25) is 11.8 Å². The molecule has 3 N–H and O–H groups in total. The van der Waals surface area contributed by atoms with Crippen LogP contribution >= 0.6 is 11.8 Å². The molecule has 0 radical (unpaired) electrons. The van der Waals surface area contributed by atoms with E-state index < -0.39 is 6.04 Å². The second-order valence-corrected chi connectivity index (χ2v) is 7.89. The fraction of sp³-hybridized carbons (Fsp3) is 0.429. The van der Waals surface area contributed by atoms with E-state index in [4.69, 9.17) is 5.73 Å². The topological polar surface area (TPSA) is 75.4 Å². The maximum absolute atomic E-state index is 12.9. The first-order valence-corrected chi connectivity index (χ1v) is 10.7. The van der Waals surface area contributed by atoms with Crippen molar-refractivity contribution < 1.29 is 9.59 Å². The van der Waals surface area contributed by atoms with Gasteiger partial charge in [0, 0.05) is 18.7 Å². The molecule has 0 aromatic heterocycles. The Kier molecular flexibility index (Phi) is 6.74. The van der Waals surface area contributed by atoms with Gasteiger partial charge in [0.1, 0.15) is 6.04 Å². The van der Waals surface area contributed by atoms with E-state index in [9.17, 15) is 9.59 Å². The predicted molar refractivity (Wildman–Crippen MR) is 111 cm³/mol. The molecule has 1 fully saturated rings. The normalized spacial score (nSPS) is 17.9. The summed E-state index contributed by atoms with van der Waals surface area (Å²) in [6, 6.07) is 13.6. The van der Waals surface area contributed by atoms with Gasteiger partial charge < -0.3 is 16.0 Å². The van der Waals surface area contributed by atoms with Gasteiger partial charge in [0.05, 0.1) is 11.9 Å². The highest BCUT2D eigenvalue weighted by atomic mass is 32.2. The highest BCUT2D eigenvalue weighted by molar-refractivity contribution is 7.99. The van der Waals surface area contributed by atoms with Gasteiger partial charge in [-0.3, -0.25) is 9.59 Å². The van der Waals surface area contributed by atoms with Gasteiger partial charge in [-0.15, -0.1) is 11.8 Å². The molecule has 0 saturated carbocycles. The number of thioether (sulfide) groups is 1. The van der Waals surface area contributed by atoms with E-state index >= 15 is 0 Å². The second kappa shape index (κ2) is 9.24. The lowest BCUT2D eigenvalue weighted by Gasteiger charge is -2.26. The van der Waals surface area contributed by atoms with Crippen LogP contribution in [-0.2, 0) is 9.59 Å². The van der Waals surface area contributed by atoms with Crippen molar-refractivity contribution in [2.24, 2.45) is 5.73 Å². The molecule has 0 spiro atoms. The van der Waals surface area contributed by atoms with Gasteiger partial charge in [-0.2, -0.15) is 0 Å². The zero-order valence-electron chi connectivity index (χ0n) is 15.7. The van der Waals surface area contributed by atoms with Crippen molar-refractivity contribution in [1.82, 2.24) is 10.2 Å². The van der Waals surface area contributed by atoms with Gasteiger partial charge in [0.25, 0.3) is 0 Å².